The first kappa shape index (κ1) is 18.0. The van der Waals surface area contributed by atoms with Gasteiger partial charge in [0.15, 0.2) is 0 Å². The molecule has 0 aromatic heterocycles. The van der Waals surface area contributed by atoms with Crippen molar-refractivity contribution < 1.29 is 19.7 Å². The molecule has 0 saturated heterocycles. The second-order valence-corrected chi connectivity index (χ2v) is 5.75. The molecule has 136 valence electrons. The summed E-state index contributed by atoms with van der Waals surface area (Å²) in [6.07, 6.45) is 1.48. The van der Waals surface area contributed by atoms with Crippen molar-refractivity contribution in [2.24, 2.45) is 5.10 Å². The average molecular weight is 362 g/mol. The van der Waals surface area contributed by atoms with Crippen molar-refractivity contribution in [2.45, 2.75) is 6.61 Å². The molecule has 0 fully saturated rings. The molecule has 0 radical (unpaired) electrons. The number of hydrogen-bond acceptors (Lipinski definition) is 5. The van der Waals surface area contributed by atoms with Crippen LogP contribution in [0, 0.1) is 0 Å². The summed E-state index contributed by atoms with van der Waals surface area (Å²) in [5.41, 5.74) is 4.16. The Morgan fingerprint density at radius 2 is 1.81 bits per heavy atom. The maximum atomic E-state index is 12.0. The number of nitrogens with one attached hydrogen (secondary N) is 1. The van der Waals surface area contributed by atoms with Gasteiger partial charge in [0.2, 0.25) is 0 Å². The molecule has 6 heteroatoms. The summed E-state index contributed by atoms with van der Waals surface area (Å²) >= 11 is 0. The third kappa shape index (κ3) is 5.09. The zero-order valence-electron chi connectivity index (χ0n) is 14.4. The first-order valence-electron chi connectivity index (χ1n) is 8.24. The Balaban J connectivity index is 1.59. The highest BCUT2D eigenvalue weighted by atomic mass is 16.5. The van der Waals surface area contributed by atoms with Gasteiger partial charge in [0.05, 0.1) is 11.8 Å². The number of hydrazone groups is 1. The second-order valence-electron chi connectivity index (χ2n) is 5.75. The molecule has 0 aliphatic rings. The number of carbonyl (C=O) groups excluding carboxylic acids is 1. The summed E-state index contributed by atoms with van der Waals surface area (Å²) in [5, 5.41) is 22.8. The molecule has 0 atom stereocenters. The summed E-state index contributed by atoms with van der Waals surface area (Å²) in [4.78, 5) is 12.0. The van der Waals surface area contributed by atoms with E-state index in [0.29, 0.717) is 12.4 Å². The summed E-state index contributed by atoms with van der Waals surface area (Å²) < 4.78 is 5.75. The van der Waals surface area contributed by atoms with Crippen LogP contribution in [-0.2, 0) is 6.61 Å². The predicted molar refractivity (Wildman–Crippen MR) is 102 cm³/mol. The lowest BCUT2D eigenvalue weighted by molar-refractivity contribution is 0.0952. The molecule has 0 heterocycles. The van der Waals surface area contributed by atoms with Crippen LogP contribution in [0.25, 0.3) is 0 Å². The van der Waals surface area contributed by atoms with Gasteiger partial charge in [-0.3, -0.25) is 4.79 Å². The van der Waals surface area contributed by atoms with E-state index in [1.807, 2.05) is 48.5 Å². The number of aromatic hydroxyl groups is 2. The number of ether oxygens (including phenoxy) is 1. The number of carbonyl (C=O) groups is 1. The average Bonchev–Trinajstić information content (AvgIpc) is 2.67. The van der Waals surface area contributed by atoms with Gasteiger partial charge < -0.3 is 14.9 Å². The molecule has 3 aromatic rings. The van der Waals surface area contributed by atoms with Crippen LogP contribution in [0.1, 0.15) is 21.5 Å². The summed E-state index contributed by atoms with van der Waals surface area (Å²) in [6.45, 7) is 0.457. The maximum absolute atomic E-state index is 12.0. The molecule has 0 bridgehead atoms. The lowest BCUT2D eigenvalue weighted by Crippen LogP contribution is -2.17. The van der Waals surface area contributed by atoms with Crippen molar-refractivity contribution in [3.05, 3.63) is 89.5 Å². The number of nitrogens with zero attached hydrogens (tertiary/aromatic N) is 1. The number of phenols is 2. The molecule has 0 unspecified atom stereocenters. The molecule has 6 nitrogen and oxygen atoms in total. The molecule has 3 aromatic carbocycles. The number of amides is 1. The quantitative estimate of drug-likeness (QED) is 0.463. The Kier molecular flexibility index (Phi) is 5.69. The smallest absolute Gasteiger partial charge is 0.275 e. The monoisotopic (exact) mass is 362 g/mol. The Labute approximate surface area is 156 Å². The van der Waals surface area contributed by atoms with Gasteiger partial charge in [0.1, 0.15) is 23.9 Å². The fourth-order valence-electron chi connectivity index (χ4n) is 2.36. The van der Waals surface area contributed by atoms with Gasteiger partial charge in [-0.25, -0.2) is 5.43 Å². The number of phenolic OH excluding ortho intramolecular Hbond substituents is 2. The molecular weight excluding hydrogens is 344 g/mol. The Hall–Kier alpha value is -3.80. The van der Waals surface area contributed by atoms with E-state index >= 15 is 0 Å². The SMILES string of the molecule is O=C(N/N=C/c1cccc(OCc2ccccc2)c1)c1ccc(O)cc1O. The highest BCUT2D eigenvalue weighted by Crippen LogP contribution is 2.22. The van der Waals surface area contributed by atoms with E-state index in [2.05, 4.69) is 10.5 Å². The molecule has 3 N–H and O–H groups in total. The Morgan fingerprint density at radius 1 is 1.00 bits per heavy atom. The van der Waals surface area contributed by atoms with Gasteiger partial charge in [-0.15, -0.1) is 0 Å². The summed E-state index contributed by atoms with van der Waals surface area (Å²) in [6, 6.07) is 20.8. The van der Waals surface area contributed by atoms with Crippen LogP contribution in [0.15, 0.2) is 77.9 Å². The molecule has 0 aliphatic heterocycles. The number of hydrogen-bond donors (Lipinski definition) is 3. The van der Waals surface area contributed by atoms with Crippen molar-refractivity contribution in [1.82, 2.24) is 5.43 Å². The fourth-order valence-corrected chi connectivity index (χ4v) is 2.36. The molecule has 27 heavy (non-hydrogen) atoms. The lowest BCUT2D eigenvalue weighted by atomic mass is 10.2. The van der Waals surface area contributed by atoms with Gasteiger partial charge >= 0.3 is 0 Å². The van der Waals surface area contributed by atoms with Gasteiger partial charge in [-0.05, 0) is 35.4 Å². The first-order chi connectivity index (χ1) is 13.1. The van der Waals surface area contributed by atoms with Crippen LogP contribution in [0.5, 0.6) is 17.2 Å². The van der Waals surface area contributed by atoms with Gasteiger partial charge in [0.25, 0.3) is 5.91 Å². The maximum Gasteiger partial charge on any atom is 0.275 e. The molecule has 0 saturated carbocycles. The Morgan fingerprint density at radius 3 is 2.59 bits per heavy atom. The van der Waals surface area contributed by atoms with E-state index < -0.39 is 5.91 Å². The van der Waals surface area contributed by atoms with Crippen LogP contribution >= 0.6 is 0 Å². The largest absolute Gasteiger partial charge is 0.508 e. The van der Waals surface area contributed by atoms with Crippen LogP contribution in [0.2, 0.25) is 0 Å². The fraction of sp³-hybridized carbons (Fsp3) is 0.0476. The van der Waals surface area contributed by atoms with Crippen LogP contribution in [0.3, 0.4) is 0 Å². The zero-order chi connectivity index (χ0) is 19.1. The second kappa shape index (κ2) is 8.53. The van der Waals surface area contributed by atoms with Gasteiger partial charge in [0, 0.05) is 6.07 Å². The molecule has 3 rings (SSSR count). The molecule has 0 spiro atoms. The lowest BCUT2D eigenvalue weighted by Gasteiger charge is -2.07. The number of rotatable bonds is 6. The Bertz CT molecular complexity index is 955. The van der Waals surface area contributed by atoms with Crippen molar-refractivity contribution in [3.8, 4) is 17.2 Å². The number of benzene rings is 3. The van der Waals surface area contributed by atoms with Crippen molar-refractivity contribution in [1.29, 1.82) is 0 Å². The van der Waals surface area contributed by atoms with E-state index in [0.717, 1.165) is 17.2 Å². The van der Waals surface area contributed by atoms with Crippen LogP contribution in [0.4, 0.5) is 0 Å². The van der Waals surface area contributed by atoms with Gasteiger partial charge in [-0.2, -0.15) is 5.10 Å². The van der Waals surface area contributed by atoms with E-state index in [9.17, 15) is 15.0 Å². The van der Waals surface area contributed by atoms with Crippen molar-refractivity contribution >= 4 is 12.1 Å². The van der Waals surface area contributed by atoms with E-state index in [4.69, 9.17) is 4.74 Å². The molecule has 0 aliphatic carbocycles. The molecular formula is C21H18N2O4. The van der Waals surface area contributed by atoms with E-state index in [-0.39, 0.29) is 17.1 Å². The normalized spacial score (nSPS) is 10.7. The third-order valence-corrected chi connectivity index (χ3v) is 3.71. The summed E-state index contributed by atoms with van der Waals surface area (Å²) in [5.74, 6) is -0.343. The highest BCUT2D eigenvalue weighted by molar-refractivity contribution is 5.97. The minimum absolute atomic E-state index is 0.0184. The van der Waals surface area contributed by atoms with Crippen molar-refractivity contribution in [3.63, 3.8) is 0 Å². The van der Waals surface area contributed by atoms with Crippen LogP contribution < -0.4 is 10.2 Å². The van der Waals surface area contributed by atoms with E-state index in [1.54, 1.807) is 6.07 Å². The third-order valence-electron chi connectivity index (χ3n) is 3.71. The minimum atomic E-state index is -0.583. The van der Waals surface area contributed by atoms with E-state index in [1.165, 1.54) is 18.3 Å². The first-order valence-corrected chi connectivity index (χ1v) is 8.24. The molecule has 1 amide bonds. The van der Waals surface area contributed by atoms with Crippen molar-refractivity contribution in [2.75, 3.05) is 0 Å². The minimum Gasteiger partial charge on any atom is -0.508 e. The van der Waals surface area contributed by atoms with Gasteiger partial charge in [-0.1, -0.05) is 42.5 Å². The van der Waals surface area contributed by atoms with Crippen LogP contribution in [-0.4, -0.2) is 22.3 Å². The topological polar surface area (TPSA) is 91.2 Å². The summed E-state index contributed by atoms with van der Waals surface area (Å²) in [7, 11) is 0. The standard InChI is InChI=1S/C21H18N2O4/c24-17-9-10-19(20(25)12-17)21(26)23-22-13-16-7-4-8-18(11-16)27-14-15-5-2-1-3-6-15/h1-13,24-25H,14H2,(H,23,26)/b22-13+. The highest BCUT2D eigenvalue weighted by Gasteiger charge is 2.10. The predicted octanol–water partition coefficient (Wildman–Crippen LogP) is 3.44. The zero-order valence-corrected chi connectivity index (χ0v) is 14.4.